The summed E-state index contributed by atoms with van der Waals surface area (Å²) < 4.78 is 5.26. The van der Waals surface area contributed by atoms with E-state index in [0.717, 1.165) is 13.1 Å². The van der Waals surface area contributed by atoms with Crippen molar-refractivity contribution in [3.63, 3.8) is 0 Å². The fourth-order valence-corrected chi connectivity index (χ4v) is 2.31. The zero-order chi connectivity index (χ0) is 12.0. The summed E-state index contributed by atoms with van der Waals surface area (Å²) in [5.41, 5.74) is 5.76. The molecule has 2 rings (SSSR count). The van der Waals surface area contributed by atoms with Crippen molar-refractivity contribution in [2.75, 3.05) is 20.2 Å². The van der Waals surface area contributed by atoms with E-state index in [-0.39, 0.29) is 17.0 Å². The Kier molecular flexibility index (Phi) is 2.75. The van der Waals surface area contributed by atoms with E-state index in [0.29, 0.717) is 12.3 Å². The monoisotopic (exact) mass is 226 g/mol. The summed E-state index contributed by atoms with van der Waals surface area (Å²) in [5.74, 6) is 0.820. The van der Waals surface area contributed by atoms with Crippen molar-refractivity contribution in [1.82, 2.24) is 4.90 Å². The van der Waals surface area contributed by atoms with Crippen LogP contribution in [0.1, 0.15) is 33.1 Å². The Morgan fingerprint density at radius 1 is 1.50 bits per heavy atom. The van der Waals surface area contributed by atoms with Crippen molar-refractivity contribution in [3.05, 3.63) is 0 Å². The van der Waals surface area contributed by atoms with Gasteiger partial charge in [-0.25, -0.2) is 0 Å². The zero-order valence-corrected chi connectivity index (χ0v) is 10.5. The van der Waals surface area contributed by atoms with Crippen LogP contribution in [0.3, 0.4) is 0 Å². The number of hydrogen-bond acceptors (Lipinski definition) is 3. The average molecular weight is 226 g/mol. The lowest BCUT2D eigenvalue weighted by Gasteiger charge is -2.49. The lowest BCUT2D eigenvalue weighted by molar-refractivity contribution is -0.144. The van der Waals surface area contributed by atoms with E-state index >= 15 is 0 Å². The molecule has 0 aromatic rings. The second-order valence-corrected chi connectivity index (χ2v) is 5.90. The predicted molar refractivity (Wildman–Crippen MR) is 61.9 cm³/mol. The summed E-state index contributed by atoms with van der Waals surface area (Å²) in [7, 11) is 1.64. The van der Waals surface area contributed by atoms with Crippen molar-refractivity contribution in [2.24, 2.45) is 11.7 Å². The molecule has 0 aromatic heterocycles. The molecule has 2 fully saturated rings. The zero-order valence-electron chi connectivity index (χ0n) is 10.5. The lowest BCUT2D eigenvalue weighted by atomic mass is 9.85. The normalized spacial score (nSPS) is 24.1. The highest BCUT2D eigenvalue weighted by molar-refractivity contribution is 5.78. The fraction of sp³-hybridized carbons (Fsp3) is 0.917. The number of carbonyl (C=O) groups excluding carboxylic acids is 1. The SMILES string of the molecule is COC(C)(C)CC(=O)N1CC(N)(C2CC2)C1. The minimum Gasteiger partial charge on any atom is -0.378 e. The minimum absolute atomic E-state index is 0.0765. The van der Waals surface area contributed by atoms with Crippen LogP contribution in [0.25, 0.3) is 0 Å². The summed E-state index contributed by atoms with van der Waals surface area (Å²) in [6.45, 7) is 5.33. The number of methoxy groups -OCH3 is 1. The van der Waals surface area contributed by atoms with Crippen molar-refractivity contribution in [1.29, 1.82) is 0 Å². The molecule has 1 aliphatic carbocycles. The van der Waals surface area contributed by atoms with Crippen molar-refractivity contribution in [2.45, 2.75) is 44.2 Å². The van der Waals surface area contributed by atoms with Gasteiger partial charge in [-0.05, 0) is 32.6 Å². The van der Waals surface area contributed by atoms with E-state index in [4.69, 9.17) is 10.5 Å². The maximum Gasteiger partial charge on any atom is 0.225 e. The van der Waals surface area contributed by atoms with Crippen molar-refractivity contribution >= 4 is 5.91 Å². The summed E-state index contributed by atoms with van der Waals surface area (Å²) in [6.07, 6.45) is 2.91. The van der Waals surface area contributed by atoms with Crippen LogP contribution in [0.15, 0.2) is 0 Å². The molecule has 16 heavy (non-hydrogen) atoms. The highest BCUT2D eigenvalue weighted by atomic mass is 16.5. The molecular weight excluding hydrogens is 204 g/mol. The molecular formula is C12H22N2O2. The Morgan fingerprint density at radius 3 is 2.50 bits per heavy atom. The van der Waals surface area contributed by atoms with E-state index in [9.17, 15) is 4.79 Å². The van der Waals surface area contributed by atoms with E-state index in [2.05, 4.69) is 0 Å². The predicted octanol–water partition coefficient (Wildman–Crippen LogP) is 0.751. The van der Waals surface area contributed by atoms with E-state index in [1.807, 2.05) is 18.7 Å². The molecule has 92 valence electrons. The maximum absolute atomic E-state index is 11.9. The van der Waals surface area contributed by atoms with Crippen LogP contribution in [0, 0.1) is 5.92 Å². The number of ether oxygens (including phenoxy) is 1. The number of amides is 1. The molecule has 0 atom stereocenters. The lowest BCUT2D eigenvalue weighted by Crippen LogP contribution is -2.70. The first-order valence-electron chi connectivity index (χ1n) is 5.98. The quantitative estimate of drug-likeness (QED) is 0.769. The number of nitrogens with two attached hydrogens (primary N) is 1. The van der Waals surface area contributed by atoms with Gasteiger partial charge in [0.15, 0.2) is 0 Å². The summed E-state index contributed by atoms with van der Waals surface area (Å²) in [5, 5.41) is 0. The summed E-state index contributed by atoms with van der Waals surface area (Å²) >= 11 is 0. The number of rotatable bonds is 4. The van der Waals surface area contributed by atoms with Gasteiger partial charge in [0.25, 0.3) is 0 Å². The van der Waals surface area contributed by atoms with E-state index < -0.39 is 0 Å². The molecule has 1 heterocycles. The van der Waals surface area contributed by atoms with Gasteiger partial charge in [0.2, 0.25) is 5.91 Å². The molecule has 2 aliphatic rings. The first-order valence-corrected chi connectivity index (χ1v) is 5.98. The second kappa shape index (κ2) is 3.70. The molecule has 1 aliphatic heterocycles. The molecule has 0 spiro atoms. The number of hydrogen-bond donors (Lipinski definition) is 1. The topological polar surface area (TPSA) is 55.6 Å². The third-order valence-corrected chi connectivity index (χ3v) is 3.84. The summed E-state index contributed by atoms with van der Waals surface area (Å²) in [6, 6.07) is 0. The van der Waals surface area contributed by atoms with Crippen LogP contribution in [0.2, 0.25) is 0 Å². The third-order valence-electron chi connectivity index (χ3n) is 3.84. The van der Waals surface area contributed by atoms with Gasteiger partial charge in [0.05, 0.1) is 17.6 Å². The van der Waals surface area contributed by atoms with Gasteiger partial charge in [0, 0.05) is 20.2 Å². The van der Waals surface area contributed by atoms with E-state index in [1.165, 1.54) is 12.8 Å². The molecule has 0 unspecified atom stereocenters. The van der Waals surface area contributed by atoms with Crippen LogP contribution in [-0.4, -0.2) is 42.1 Å². The highest BCUT2D eigenvalue weighted by Crippen LogP contribution is 2.43. The molecule has 0 bridgehead atoms. The van der Waals surface area contributed by atoms with Crippen LogP contribution in [0.5, 0.6) is 0 Å². The number of carbonyl (C=O) groups is 1. The Hall–Kier alpha value is -0.610. The van der Waals surface area contributed by atoms with Gasteiger partial charge >= 0.3 is 0 Å². The minimum atomic E-state index is -0.372. The van der Waals surface area contributed by atoms with Gasteiger partial charge in [-0.1, -0.05) is 0 Å². The van der Waals surface area contributed by atoms with Gasteiger partial charge in [0.1, 0.15) is 0 Å². The standard InChI is InChI=1S/C12H22N2O2/c1-11(2,16-3)6-10(15)14-7-12(13,8-14)9-4-5-9/h9H,4-8,13H2,1-3H3. The van der Waals surface area contributed by atoms with Crippen molar-refractivity contribution in [3.8, 4) is 0 Å². The number of nitrogens with zero attached hydrogens (tertiary/aromatic N) is 1. The van der Waals surface area contributed by atoms with Crippen molar-refractivity contribution < 1.29 is 9.53 Å². The molecule has 2 N–H and O–H groups in total. The third kappa shape index (κ3) is 2.23. The second-order valence-electron chi connectivity index (χ2n) is 5.90. The molecule has 1 amide bonds. The molecule has 1 saturated heterocycles. The first kappa shape index (κ1) is 11.9. The van der Waals surface area contributed by atoms with Gasteiger partial charge < -0.3 is 15.4 Å². The summed E-state index contributed by atoms with van der Waals surface area (Å²) in [4.78, 5) is 13.8. The molecule has 4 heteroatoms. The fourth-order valence-electron chi connectivity index (χ4n) is 2.31. The Bertz CT molecular complexity index is 291. The van der Waals surface area contributed by atoms with Crippen LogP contribution in [0.4, 0.5) is 0 Å². The van der Waals surface area contributed by atoms with Gasteiger partial charge in [-0.2, -0.15) is 0 Å². The molecule has 0 radical (unpaired) electrons. The van der Waals surface area contributed by atoms with Crippen LogP contribution < -0.4 is 5.73 Å². The number of likely N-dealkylation sites (tertiary alicyclic amines) is 1. The van der Waals surface area contributed by atoms with E-state index in [1.54, 1.807) is 7.11 Å². The Morgan fingerprint density at radius 2 is 2.06 bits per heavy atom. The maximum atomic E-state index is 11.9. The van der Waals surface area contributed by atoms with Crippen LogP contribution in [-0.2, 0) is 9.53 Å². The molecule has 4 nitrogen and oxygen atoms in total. The first-order chi connectivity index (χ1) is 7.36. The molecule has 0 aromatic carbocycles. The average Bonchev–Trinajstić information content (AvgIpc) is 2.95. The highest BCUT2D eigenvalue weighted by Gasteiger charge is 2.51. The molecule has 1 saturated carbocycles. The Labute approximate surface area is 97.1 Å². The van der Waals surface area contributed by atoms with Gasteiger partial charge in [-0.3, -0.25) is 4.79 Å². The smallest absolute Gasteiger partial charge is 0.225 e. The van der Waals surface area contributed by atoms with Crippen LogP contribution >= 0.6 is 0 Å². The van der Waals surface area contributed by atoms with Gasteiger partial charge in [-0.15, -0.1) is 0 Å². The Balaban J connectivity index is 1.81. The largest absolute Gasteiger partial charge is 0.378 e.